The maximum absolute atomic E-state index is 13.0. The molecule has 1 rings (SSSR count). The third-order valence-corrected chi connectivity index (χ3v) is 2.30. The number of benzene rings is 1. The summed E-state index contributed by atoms with van der Waals surface area (Å²) in [5, 5.41) is 19.7. The van der Waals surface area contributed by atoms with Crippen molar-refractivity contribution in [2.24, 2.45) is 5.73 Å². The van der Waals surface area contributed by atoms with Crippen LogP contribution in [0.3, 0.4) is 0 Å². The number of hydrogen-bond donors (Lipinski definition) is 3. The molecule has 0 aromatic heterocycles. The van der Waals surface area contributed by atoms with Crippen molar-refractivity contribution >= 4 is 23.6 Å². The van der Waals surface area contributed by atoms with E-state index in [4.69, 9.17) is 16.1 Å². The lowest BCUT2D eigenvalue weighted by molar-refractivity contribution is -0.137. The van der Waals surface area contributed by atoms with Gasteiger partial charge < -0.3 is 21.1 Å². The summed E-state index contributed by atoms with van der Waals surface area (Å²) >= 11 is 0. The first kappa shape index (κ1) is 15.9. The van der Waals surface area contributed by atoms with Crippen LogP contribution < -0.4 is 11.1 Å². The molecule has 1 aromatic carbocycles. The summed E-state index contributed by atoms with van der Waals surface area (Å²) in [4.78, 5) is 34.0. The van der Waals surface area contributed by atoms with Crippen LogP contribution >= 0.6 is 0 Å². The Morgan fingerprint density at radius 3 is 2.57 bits per heavy atom. The molecule has 0 bridgehead atoms. The first-order chi connectivity index (χ1) is 9.83. The van der Waals surface area contributed by atoms with Gasteiger partial charge >= 0.3 is 12.0 Å². The summed E-state index contributed by atoms with van der Waals surface area (Å²) in [6.07, 6.45) is 0. The molecular formula is C12H11FN4O4. The van der Waals surface area contributed by atoms with Crippen LogP contribution in [0.25, 0.3) is 0 Å². The van der Waals surface area contributed by atoms with Gasteiger partial charge in [0.05, 0.1) is 11.3 Å². The lowest BCUT2D eigenvalue weighted by Crippen LogP contribution is -2.43. The largest absolute Gasteiger partial charge is 0.480 e. The molecule has 110 valence electrons. The summed E-state index contributed by atoms with van der Waals surface area (Å²) in [6, 6.07) is 3.81. The molecule has 0 atom stereocenters. The minimum atomic E-state index is -1.34. The zero-order chi connectivity index (χ0) is 16.0. The summed E-state index contributed by atoms with van der Waals surface area (Å²) in [7, 11) is 0. The van der Waals surface area contributed by atoms with Crippen molar-refractivity contribution < 1.29 is 23.9 Å². The van der Waals surface area contributed by atoms with Crippen molar-refractivity contribution in [1.29, 1.82) is 5.26 Å². The van der Waals surface area contributed by atoms with E-state index in [0.29, 0.717) is 4.90 Å². The van der Waals surface area contributed by atoms with E-state index in [1.807, 2.05) is 0 Å². The van der Waals surface area contributed by atoms with Crippen molar-refractivity contribution in [1.82, 2.24) is 4.90 Å². The number of carboxylic acids is 1. The molecule has 1 aromatic rings. The normalized spacial score (nSPS) is 9.52. The van der Waals surface area contributed by atoms with E-state index in [-0.39, 0.29) is 11.3 Å². The van der Waals surface area contributed by atoms with E-state index in [0.717, 1.165) is 18.2 Å². The number of nitrogens with zero attached hydrogens (tertiary/aromatic N) is 2. The Bertz CT molecular complexity index is 610. The topological polar surface area (TPSA) is 137 Å². The second-order valence-electron chi connectivity index (χ2n) is 3.95. The molecule has 0 fully saturated rings. The van der Waals surface area contributed by atoms with Crippen LogP contribution in [0.15, 0.2) is 18.2 Å². The molecule has 0 aliphatic carbocycles. The van der Waals surface area contributed by atoms with Gasteiger partial charge in [-0.2, -0.15) is 5.26 Å². The predicted molar refractivity (Wildman–Crippen MR) is 68.5 cm³/mol. The molecule has 4 N–H and O–H groups in total. The van der Waals surface area contributed by atoms with Gasteiger partial charge in [-0.25, -0.2) is 9.18 Å². The zero-order valence-corrected chi connectivity index (χ0v) is 10.7. The average molecular weight is 294 g/mol. The maximum Gasteiger partial charge on any atom is 0.323 e. The highest BCUT2D eigenvalue weighted by Gasteiger charge is 2.19. The lowest BCUT2D eigenvalue weighted by Gasteiger charge is -2.19. The van der Waals surface area contributed by atoms with Crippen molar-refractivity contribution in [3.05, 3.63) is 29.6 Å². The Kier molecular flexibility index (Phi) is 5.19. The molecule has 0 saturated heterocycles. The van der Waals surface area contributed by atoms with Crippen LogP contribution in [0.4, 0.5) is 14.9 Å². The molecule has 0 aliphatic rings. The third kappa shape index (κ3) is 4.79. The standard InChI is InChI=1S/C12H11FN4O4/c13-8-1-2-9(7(3-8)4-14)16-12(21)17(5-10(15)18)6-11(19)20/h1-3H,5-6H2,(H2,15,18)(H,16,21)(H,19,20). The number of anilines is 1. The minimum Gasteiger partial charge on any atom is -0.480 e. The smallest absolute Gasteiger partial charge is 0.323 e. The Labute approximate surface area is 118 Å². The quantitative estimate of drug-likeness (QED) is 0.707. The van der Waals surface area contributed by atoms with E-state index in [1.165, 1.54) is 0 Å². The Morgan fingerprint density at radius 1 is 1.38 bits per heavy atom. The Hall–Kier alpha value is -3.15. The van der Waals surface area contributed by atoms with Gasteiger partial charge in [-0.05, 0) is 18.2 Å². The molecule has 0 heterocycles. The molecule has 0 spiro atoms. The number of amides is 3. The van der Waals surface area contributed by atoms with Crippen molar-refractivity contribution in [2.45, 2.75) is 0 Å². The molecule has 0 radical (unpaired) electrons. The minimum absolute atomic E-state index is 0.0104. The second-order valence-corrected chi connectivity index (χ2v) is 3.95. The first-order valence-corrected chi connectivity index (χ1v) is 5.59. The number of primary amides is 1. The first-order valence-electron chi connectivity index (χ1n) is 5.59. The molecule has 0 aliphatic heterocycles. The van der Waals surface area contributed by atoms with Gasteiger partial charge in [-0.3, -0.25) is 9.59 Å². The van der Waals surface area contributed by atoms with Crippen LogP contribution in [-0.4, -0.2) is 41.0 Å². The van der Waals surface area contributed by atoms with E-state index >= 15 is 0 Å². The maximum atomic E-state index is 13.0. The molecule has 3 amide bonds. The van der Waals surface area contributed by atoms with E-state index in [9.17, 15) is 18.8 Å². The molecule has 8 nitrogen and oxygen atoms in total. The van der Waals surface area contributed by atoms with Crippen molar-refractivity contribution in [3.8, 4) is 6.07 Å². The molecular weight excluding hydrogens is 283 g/mol. The van der Waals surface area contributed by atoms with Gasteiger partial charge in [-0.15, -0.1) is 0 Å². The number of carbonyl (C=O) groups excluding carboxylic acids is 2. The fraction of sp³-hybridized carbons (Fsp3) is 0.167. The Balaban J connectivity index is 2.93. The monoisotopic (exact) mass is 294 g/mol. The third-order valence-electron chi connectivity index (χ3n) is 2.30. The number of hydrogen-bond acceptors (Lipinski definition) is 4. The van der Waals surface area contributed by atoms with Gasteiger partial charge in [0.1, 0.15) is 25.0 Å². The average Bonchev–Trinajstić information content (AvgIpc) is 2.38. The van der Waals surface area contributed by atoms with Crippen molar-refractivity contribution in [2.75, 3.05) is 18.4 Å². The highest BCUT2D eigenvalue weighted by molar-refractivity contribution is 5.94. The number of rotatable bonds is 5. The molecule has 0 unspecified atom stereocenters. The van der Waals surface area contributed by atoms with Gasteiger partial charge in [0.25, 0.3) is 0 Å². The van der Waals surface area contributed by atoms with Crippen molar-refractivity contribution in [3.63, 3.8) is 0 Å². The van der Waals surface area contributed by atoms with Crippen LogP contribution in [0.5, 0.6) is 0 Å². The van der Waals surface area contributed by atoms with Crippen LogP contribution in [-0.2, 0) is 9.59 Å². The zero-order valence-electron chi connectivity index (χ0n) is 10.7. The van der Waals surface area contributed by atoms with Gasteiger partial charge in [-0.1, -0.05) is 0 Å². The fourth-order valence-electron chi connectivity index (χ4n) is 1.46. The van der Waals surface area contributed by atoms with E-state index in [1.54, 1.807) is 6.07 Å². The number of carboxylic acid groups (broad SMARTS) is 1. The Morgan fingerprint density at radius 2 is 2.05 bits per heavy atom. The van der Waals surface area contributed by atoms with Gasteiger partial charge in [0.15, 0.2) is 0 Å². The molecule has 9 heteroatoms. The highest BCUT2D eigenvalue weighted by Crippen LogP contribution is 2.16. The summed E-state index contributed by atoms with van der Waals surface area (Å²) in [5.74, 6) is -2.90. The predicted octanol–water partition coefficient (Wildman–Crippen LogP) is 0.101. The highest BCUT2D eigenvalue weighted by atomic mass is 19.1. The van der Waals surface area contributed by atoms with Crippen LogP contribution in [0.2, 0.25) is 0 Å². The second kappa shape index (κ2) is 6.85. The number of nitriles is 1. The van der Waals surface area contributed by atoms with Gasteiger partial charge in [0, 0.05) is 0 Å². The number of nitrogens with one attached hydrogen (secondary N) is 1. The summed E-state index contributed by atoms with van der Waals surface area (Å²) in [5.41, 5.74) is 4.77. The number of urea groups is 1. The number of carbonyl (C=O) groups is 3. The summed E-state index contributed by atoms with van der Waals surface area (Å²) < 4.78 is 13.0. The fourth-order valence-corrected chi connectivity index (χ4v) is 1.46. The van der Waals surface area contributed by atoms with E-state index < -0.39 is 36.8 Å². The SMILES string of the molecule is N#Cc1cc(F)ccc1NC(=O)N(CC(N)=O)CC(=O)O. The van der Waals surface area contributed by atoms with Crippen LogP contribution in [0.1, 0.15) is 5.56 Å². The molecule has 21 heavy (non-hydrogen) atoms. The van der Waals surface area contributed by atoms with Crippen LogP contribution in [0, 0.1) is 17.1 Å². The molecule has 0 saturated carbocycles. The van der Waals surface area contributed by atoms with E-state index in [2.05, 4.69) is 5.32 Å². The van der Waals surface area contributed by atoms with Gasteiger partial charge in [0.2, 0.25) is 5.91 Å². The lowest BCUT2D eigenvalue weighted by atomic mass is 10.2. The number of aliphatic carboxylic acids is 1. The number of nitrogens with two attached hydrogens (primary N) is 1. The number of halogens is 1. The summed E-state index contributed by atoms with van der Waals surface area (Å²) in [6.45, 7) is -1.36.